The lowest BCUT2D eigenvalue weighted by molar-refractivity contribution is 0.163. The van der Waals surface area contributed by atoms with Crippen LogP contribution in [0.4, 0.5) is 11.6 Å². The second kappa shape index (κ2) is 8.26. The molecule has 2 N–H and O–H groups in total. The van der Waals surface area contributed by atoms with Gasteiger partial charge in [0.25, 0.3) is 0 Å². The van der Waals surface area contributed by atoms with Crippen LogP contribution in [0, 0.1) is 12.8 Å². The number of anilines is 2. The first-order valence-corrected chi connectivity index (χ1v) is 9.47. The van der Waals surface area contributed by atoms with E-state index in [2.05, 4.69) is 35.1 Å². The molecule has 0 unspecified atom stereocenters. The summed E-state index contributed by atoms with van der Waals surface area (Å²) in [4.78, 5) is 23.3. The fourth-order valence-electron chi connectivity index (χ4n) is 3.67. The third kappa shape index (κ3) is 4.89. The molecule has 3 aromatic rings. The quantitative estimate of drug-likeness (QED) is 0.700. The number of aromatic nitrogens is 5. The lowest BCUT2D eigenvalue weighted by atomic mass is 9.93. The van der Waals surface area contributed by atoms with Gasteiger partial charge in [-0.25, -0.2) is 19.9 Å². The van der Waals surface area contributed by atoms with Crippen LogP contribution in [0.2, 0.25) is 0 Å². The van der Waals surface area contributed by atoms with Gasteiger partial charge in [0, 0.05) is 36.4 Å². The number of hydrogen-bond acceptors (Lipinski definition) is 6. The Morgan fingerprint density at radius 3 is 3.04 bits per heavy atom. The summed E-state index contributed by atoms with van der Waals surface area (Å²) in [5.41, 5.74) is 2.05. The Morgan fingerprint density at radius 1 is 1.22 bits per heavy atom. The SMILES string of the molecule is Cc1cccc(Nc2cc(C[C@@H]3CCCN(Cc4ncc[nH]4)C3)ncn2)n1. The predicted molar refractivity (Wildman–Crippen MR) is 105 cm³/mol. The highest BCUT2D eigenvalue weighted by molar-refractivity contribution is 5.51. The van der Waals surface area contributed by atoms with Crippen molar-refractivity contribution in [3.63, 3.8) is 0 Å². The van der Waals surface area contributed by atoms with Crippen molar-refractivity contribution in [2.24, 2.45) is 5.92 Å². The number of piperidine rings is 1. The summed E-state index contributed by atoms with van der Waals surface area (Å²) in [6, 6.07) is 7.95. The van der Waals surface area contributed by atoms with E-state index in [1.807, 2.05) is 43.6 Å². The third-order valence-electron chi connectivity index (χ3n) is 4.90. The minimum Gasteiger partial charge on any atom is -0.348 e. The number of aryl methyl sites for hydroxylation is 1. The Hall–Kier alpha value is -2.80. The molecule has 0 bridgehead atoms. The summed E-state index contributed by atoms with van der Waals surface area (Å²) < 4.78 is 0. The fourth-order valence-corrected chi connectivity index (χ4v) is 3.67. The molecule has 1 fully saturated rings. The van der Waals surface area contributed by atoms with Crippen LogP contribution in [0.3, 0.4) is 0 Å². The lowest BCUT2D eigenvalue weighted by Gasteiger charge is -2.32. The molecule has 1 saturated heterocycles. The maximum atomic E-state index is 4.48. The Morgan fingerprint density at radius 2 is 2.19 bits per heavy atom. The number of likely N-dealkylation sites (tertiary alicyclic amines) is 1. The topological polar surface area (TPSA) is 82.6 Å². The van der Waals surface area contributed by atoms with Crippen LogP contribution >= 0.6 is 0 Å². The summed E-state index contributed by atoms with van der Waals surface area (Å²) in [5, 5.41) is 3.28. The number of pyridine rings is 1. The summed E-state index contributed by atoms with van der Waals surface area (Å²) in [6.07, 6.45) is 8.75. The van der Waals surface area contributed by atoms with Crippen molar-refractivity contribution in [3.05, 3.63) is 60.2 Å². The maximum absolute atomic E-state index is 4.48. The van der Waals surface area contributed by atoms with E-state index in [0.717, 1.165) is 54.9 Å². The zero-order valence-corrected chi connectivity index (χ0v) is 15.6. The van der Waals surface area contributed by atoms with E-state index in [4.69, 9.17) is 0 Å². The Bertz CT molecular complexity index is 862. The standard InChI is InChI=1S/C20H25N7/c1-15-4-2-6-18(25-15)26-19-11-17(23-14-24-19)10-16-5-3-9-27(12-16)13-20-21-7-8-22-20/h2,4,6-8,11,14,16H,3,5,9-10,12-13H2,1H3,(H,21,22)(H,23,24,25,26)/t16-/m0/s1. The molecule has 1 aliphatic heterocycles. The van der Waals surface area contributed by atoms with Gasteiger partial charge < -0.3 is 10.3 Å². The van der Waals surface area contributed by atoms with E-state index in [9.17, 15) is 0 Å². The fraction of sp³-hybridized carbons (Fsp3) is 0.400. The average Bonchev–Trinajstić information content (AvgIpc) is 3.15. The van der Waals surface area contributed by atoms with Crippen LogP contribution < -0.4 is 5.32 Å². The number of aromatic amines is 1. The van der Waals surface area contributed by atoms with Crippen molar-refractivity contribution in [1.29, 1.82) is 0 Å². The van der Waals surface area contributed by atoms with Crippen molar-refractivity contribution < 1.29 is 0 Å². The van der Waals surface area contributed by atoms with Gasteiger partial charge in [0.1, 0.15) is 23.8 Å². The normalized spacial score (nSPS) is 17.7. The smallest absolute Gasteiger partial charge is 0.135 e. The van der Waals surface area contributed by atoms with Gasteiger partial charge in [-0.3, -0.25) is 4.90 Å². The number of imidazole rings is 1. The predicted octanol–water partition coefficient (Wildman–Crippen LogP) is 3.10. The van der Waals surface area contributed by atoms with Crippen molar-refractivity contribution in [3.8, 4) is 0 Å². The highest BCUT2D eigenvalue weighted by Crippen LogP contribution is 2.22. The molecule has 7 heteroatoms. The van der Waals surface area contributed by atoms with Crippen LogP contribution in [-0.2, 0) is 13.0 Å². The third-order valence-corrected chi connectivity index (χ3v) is 4.90. The molecule has 0 amide bonds. The zero-order chi connectivity index (χ0) is 18.5. The van der Waals surface area contributed by atoms with Gasteiger partial charge in [-0.1, -0.05) is 6.07 Å². The summed E-state index contributed by atoms with van der Waals surface area (Å²) >= 11 is 0. The number of nitrogens with zero attached hydrogens (tertiary/aromatic N) is 5. The van der Waals surface area contributed by atoms with Gasteiger partial charge in [0.2, 0.25) is 0 Å². The van der Waals surface area contributed by atoms with Crippen molar-refractivity contribution in [2.45, 2.75) is 32.7 Å². The van der Waals surface area contributed by atoms with E-state index in [-0.39, 0.29) is 0 Å². The van der Waals surface area contributed by atoms with E-state index in [0.29, 0.717) is 5.92 Å². The molecule has 0 aliphatic carbocycles. The zero-order valence-electron chi connectivity index (χ0n) is 15.6. The summed E-state index contributed by atoms with van der Waals surface area (Å²) in [5.74, 6) is 3.24. The van der Waals surface area contributed by atoms with Gasteiger partial charge in [-0.05, 0) is 50.8 Å². The van der Waals surface area contributed by atoms with Gasteiger partial charge in [0.15, 0.2) is 0 Å². The second-order valence-corrected chi connectivity index (χ2v) is 7.17. The molecule has 1 atom stereocenters. The highest BCUT2D eigenvalue weighted by Gasteiger charge is 2.21. The number of hydrogen-bond donors (Lipinski definition) is 2. The van der Waals surface area contributed by atoms with Gasteiger partial charge in [-0.2, -0.15) is 0 Å². The number of H-pyrrole nitrogens is 1. The molecule has 7 nitrogen and oxygen atoms in total. The molecule has 0 aromatic carbocycles. The van der Waals surface area contributed by atoms with Gasteiger partial charge in [0.05, 0.1) is 6.54 Å². The van der Waals surface area contributed by atoms with Gasteiger partial charge in [-0.15, -0.1) is 0 Å². The minimum absolute atomic E-state index is 0.605. The summed E-state index contributed by atoms with van der Waals surface area (Å²) in [7, 11) is 0. The van der Waals surface area contributed by atoms with E-state index < -0.39 is 0 Å². The molecular weight excluding hydrogens is 338 g/mol. The maximum Gasteiger partial charge on any atom is 0.135 e. The molecule has 4 heterocycles. The van der Waals surface area contributed by atoms with Crippen molar-refractivity contribution in [1.82, 2.24) is 29.8 Å². The van der Waals surface area contributed by atoms with Crippen LogP contribution in [0.5, 0.6) is 0 Å². The van der Waals surface area contributed by atoms with E-state index >= 15 is 0 Å². The Kier molecular flexibility index (Phi) is 5.39. The lowest BCUT2D eigenvalue weighted by Crippen LogP contribution is -2.36. The largest absolute Gasteiger partial charge is 0.348 e. The monoisotopic (exact) mass is 363 g/mol. The molecule has 0 radical (unpaired) electrons. The molecule has 3 aromatic heterocycles. The first-order chi connectivity index (χ1) is 13.2. The number of rotatable bonds is 6. The highest BCUT2D eigenvalue weighted by atomic mass is 15.2. The second-order valence-electron chi connectivity index (χ2n) is 7.17. The van der Waals surface area contributed by atoms with Crippen molar-refractivity contribution in [2.75, 3.05) is 18.4 Å². The van der Waals surface area contributed by atoms with Crippen LogP contribution in [0.25, 0.3) is 0 Å². The van der Waals surface area contributed by atoms with E-state index in [1.165, 1.54) is 12.8 Å². The van der Waals surface area contributed by atoms with Crippen molar-refractivity contribution >= 4 is 11.6 Å². The van der Waals surface area contributed by atoms with Crippen LogP contribution in [0.1, 0.15) is 30.1 Å². The average molecular weight is 363 g/mol. The Labute approximate surface area is 159 Å². The molecule has 1 aliphatic rings. The first-order valence-electron chi connectivity index (χ1n) is 9.47. The molecule has 0 spiro atoms. The molecular formula is C20H25N7. The first kappa shape index (κ1) is 17.6. The number of nitrogens with one attached hydrogen (secondary N) is 2. The molecule has 0 saturated carbocycles. The van der Waals surface area contributed by atoms with Crippen LogP contribution in [-0.4, -0.2) is 42.9 Å². The van der Waals surface area contributed by atoms with Crippen LogP contribution in [0.15, 0.2) is 43.0 Å². The Balaban J connectivity index is 1.37. The minimum atomic E-state index is 0.605. The summed E-state index contributed by atoms with van der Waals surface area (Å²) in [6.45, 7) is 5.08. The van der Waals surface area contributed by atoms with E-state index in [1.54, 1.807) is 6.33 Å². The molecule has 27 heavy (non-hydrogen) atoms. The molecule has 140 valence electrons. The molecule has 4 rings (SSSR count). The van der Waals surface area contributed by atoms with Gasteiger partial charge >= 0.3 is 0 Å².